The third-order valence-corrected chi connectivity index (χ3v) is 1.96. The minimum atomic E-state index is -0.610. The van der Waals surface area contributed by atoms with Crippen molar-refractivity contribution in [3.05, 3.63) is 0 Å². The Bertz CT molecular complexity index is 254. The van der Waals surface area contributed by atoms with Crippen LogP contribution in [0.3, 0.4) is 0 Å². The third-order valence-electron chi connectivity index (χ3n) is 1.96. The van der Waals surface area contributed by atoms with Crippen molar-refractivity contribution in [1.29, 1.82) is 0 Å². The molecule has 1 unspecified atom stereocenters. The lowest BCUT2D eigenvalue weighted by molar-refractivity contribution is -0.130. The highest BCUT2D eigenvalue weighted by Crippen LogP contribution is 2.01. The summed E-state index contributed by atoms with van der Waals surface area (Å²) in [6.45, 7) is 3.77. The van der Waals surface area contributed by atoms with E-state index in [9.17, 15) is 14.4 Å². The SMILES string of the molecule is CNCC(=O)NC(C(=O)NCC=O)C(C)C. The maximum Gasteiger partial charge on any atom is 0.243 e. The first-order chi connectivity index (χ1) is 7.52. The number of hydrogen-bond donors (Lipinski definition) is 3. The number of aldehydes is 1. The Balaban J connectivity index is 4.31. The van der Waals surface area contributed by atoms with E-state index in [1.54, 1.807) is 7.05 Å². The van der Waals surface area contributed by atoms with E-state index in [1.165, 1.54) is 0 Å². The van der Waals surface area contributed by atoms with Crippen LogP contribution in [0.5, 0.6) is 0 Å². The summed E-state index contributed by atoms with van der Waals surface area (Å²) in [7, 11) is 1.65. The summed E-state index contributed by atoms with van der Waals surface area (Å²) in [5.74, 6) is -0.624. The lowest BCUT2D eigenvalue weighted by atomic mass is 10.0. The van der Waals surface area contributed by atoms with E-state index in [2.05, 4.69) is 16.0 Å². The summed E-state index contributed by atoms with van der Waals surface area (Å²) in [5.41, 5.74) is 0. The van der Waals surface area contributed by atoms with Crippen molar-refractivity contribution in [3.8, 4) is 0 Å². The van der Waals surface area contributed by atoms with Gasteiger partial charge in [-0.3, -0.25) is 9.59 Å². The molecule has 2 amide bonds. The molecular weight excluding hydrogens is 210 g/mol. The zero-order chi connectivity index (χ0) is 12.6. The van der Waals surface area contributed by atoms with Crippen molar-refractivity contribution >= 4 is 18.1 Å². The van der Waals surface area contributed by atoms with Gasteiger partial charge in [-0.25, -0.2) is 0 Å². The molecule has 0 radical (unpaired) electrons. The predicted molar refractivity (Wildman–Crippen MR) is 59.8 cm³/mol. The van der Waals surface area contributed by atoms with E-state index in [1.807, 2.05) is 13.8 Å². The van der Waals surface area contributed by atoms with Crippen LogP contribution >= 0.6 is 0 Å². The monoisotopic (exact) mass is 229 g/mol. The van der Waals surface area contributed by atoms with E-state index in [4.69, 9.17) is 0 Å². The van der Waals surface area contributed by atoms with Crippen LogP contribution in [0.4, 0.5) is 0 Å². The second-order valence-corrected chi connectivity index (χ2v) is 3.73. The lowest BCUT2D eigenvalue weighted by Crippen LogP contribution is -2.51. The molecule has 6 nitrogen and oxygen atoms in total. The predicted octanol–water partition coefficient (Wildman–Crippen LogP) is -1.34. The first-order valence-electron chi connectivity index (χ1n) is 5.18. The van der Waals surface area contributed by atoms with Gasteiger partial charge < -0.3 is 20.7 Å². The maximum atomic E-state index is 11.6. The van der Waals surface area contributed by atoms with Crippen molar-refractivity contribution in [2.45, 2.75) is 19.9 Å². The van der Waals surface area contributed by atoms with Crippen molar-refractivity contribution in [2.75, 3.05) is 20.1 Å². The molecule has 0 bridgehead atoms. The van der Waals surface area contributed by atoms with Gasteiger partial charge in [-0.05, 0) is 13.0 Å². The van der Waals surface area contributed by atoms with Crippen molar-refractivity contribution in [2.24, 2.45) is 5.92 Å². The van der Waals surface area contributed by atoms with Gasteiger partial charge in [-0.2, -0.15) is 0 Å². The largest absolute Gasteiger partial charge is 0.348 e. The minimum Gasteiger partial charge on any atom is -0.348 e. The fourth-order valence-electron chi connectivity index (χ4n) is 1.17. The molecule has 6 heteroatoms. The molecule has 0 heterocycles. The van der Waals surface area contributed by atoms with E-state index in [0.29, 0.717) is 6.29 Å². The second-order valence-electron chi connectivity index (χ2n) is 3.73. The molecule has 0 rings (SSSR count). The molecule has 0 aromatic rings. The van der Waals surface area contributed by atoms with Gasteiger partial charge in [0.15, 0.2) is 0 Å². The van der Waals surface area contributed by atoms with Gasteiger partial charge in [0.1, 0.15) is 12.3 Å². The molecule has 0 spiro atoms. The zero-order valence-corrected chi connectivity index (χ0v) is 9.87. The van der Waals surface area contributed by atoms with Crippen LogP contribution in [0.2, 0.25) is 0 Å². The summed E-state index contributed by atoms with van der Waals surface area (Å²) in [6.07, 6.45) is 0.602. The van der Waals surface area contributed by atoms with Crippen molar-refractivity contribution in [1.82, 2.24) is 16.0 Å². The molecule has 0 aliphatic rings. The number of amides is 2. The molecule has 1 atom stereocenters. The molecule has 16 heavy (non-hydrogen) atoms. The Hall–Kier alpha value is -1.43. The number of carbonyl (C=O) groups is 3. The zero-order valence-electron chi connectivity index (χ0n) is 9.87. The molecule has 3 N–H and O–H groups in total. The standard InChI is InChI=1S/C10H19N3O3/c1-7(2)9(10(16)12-4-5-14)13-8(15)6-11-3/h5,7,9,11H,4,6H2,1-3H3,(H,12,16)(H,13,15). The van der Waals surface area contributed by atoms with Crippen LogP contribution in [-0.2, 0) is 14.4 Å². The van der Waals surface area contributed by atoms with Gasteiger partial charge in [0.05, 0.1) is 13.1 Å². The highest BCUT2D eigenvalue weighted by atomic mass is 16.2. The fraction of sp³-hybridized carbons (Fsp3) is 0.700. The molecule has 0 saturated carbocycles. The Morgan fingerprint density at radius 2 is 1.94 bits per heavy atom. The van der Waals surface area contributed by atoms with Crippen LogP contribution in [0, 0.1) is 5.92 Å². The quantitative estimate of drug-likeness (QED) is 0.472. The van der Waals surface area contributed by atoms with Crippen LogP contribution < -0.4 is 16.0 Å². The molecule has 0 aromatic carbocycles. The van der Waals surface area contributed by atoms with Gasteiger partial charge in [0, 0.05) is 0 Å². The van der Waals surface area contributed by atoms with Gasteiger partial charge >= 0.3 is 0 Å². The van der Waals surface area contributed by atoms with E-state index >= 15 is 0 Å². The van der Waals surface area contributed by atoms with Crippen LogP contribution in [0.25, 0.3) is 0 Å². The number of likely N-dealkylation sites (N-methyl/N-ethyl adjacent to an activating group) is 1. The highest BCUT2D eigenvalue weighted by molar-refractivity contribution is 5.89. The van der Waals surface area contributed by atoms with Crippen LogP contribution in [0.1, 0.15) is 13.8 Å². The Morgan fingerprint density at radius 1 is 1.31 bits per heavy atom. The summed E-state index contributed by atoms with van der Waals surface area (Å²) in [4.78, 5) is 33.0. The Morgan fingerprint density at radius 3 is 2.38 bits per heavy atom. The minimum absolute atomic E-state index is 0.0348. The molecule has 0 fully saturated rings. The van der Waals surface area contributed by atoms with Gasteiger partial charge in [-0.15, -0.1) is 0 Å². The van der Waals surface area contributed by atoms with Gasteiger partial charge in [0.25, 0.3) is 0 Å². The first kappa shape index (κ1) is 14.6. The average molecular weight is 229 g/mol. The summed E-state index contributed by atoms with van der Waals surface area (Å²) in [5, 5.41) is 7.71. The highest BCUT2D eigenvalue weighted by Gasteiger charge is 2.23. The normalized spacial score (nSPS) is 12.0. The molecular formula is C10H19N3O3. The molecule has 92 valence electrons. The van der Waals surface area contributed by atoms with E-state index < -0.39 is 6.04 Å². The number of nitrogens with one attached hydrogen (secondary N) is 3. The van der Waals surface area contributed by atoms with Crippen molar-refractivity contribution in [3.63, 3.8) is 0 Å². The summed E-state index contributed by atoms with van der Waals surface area (Å²) in [6, 6.07) is -0.610. The van der Waals surface area contributed by atoms with Crippen molar-refractivity contribution < 1.29 is 14.4 Å². The summed E-state index contributed by atoms with van der Waals surface area (Å²) < 4.78 is 0. The Kier molecular flexibility index (Phi) is 7.11. The average Bonchev–Trinajstić information content (AvgIpc) is 2.22. The maximum absolute atomic E-state index is 11.6. The molecule has 0 saturated heterocycles. The smallest absolute Gasteiger partial charge is 0.243 e. The van der Waals surface area contributed by atoms with Gasteiger partial charge in [0.2, 0.25) is 11.8 Å². The topological polar surface area (TPSA) is 87.3 Å². The number of rotatable bonds is 7. The molecule has 0 aromatic heterocycles. The fourth-order valence-corrected chi connectivity index (χ4v) is 1.17. The number of hydrogen-bond acceptors (Lipinski definition) is 4. The lowest BCUT2D eigenvalue weighted by Gasteiger charge is -2.21. The molecule has 0 aliphatic carbocycles. The Labute approximate surface area is 95.2 Å². The van der Waals surface area contributed by atoms with Crippen LogP contribution in [-0.4, -0.2) is 44.3 Å². The van der Waals surface area contributed by atoms with Gasteiger partial charge in [-0.1, -0.05) is 13.8 Å². The van der Waals surface area contributed by atoms with E-state index in [0.717, 1.165) is 0 Å². The first-order valence-corrected chi connectivity index (χ1v) is 5.18. The van der Waals surface area contributed by atoms with E-state index in [-0.39, 0.29) is 30.8 Å². The third kappa shape index (κ3) is 5.45. The summed E-state index contributed by atoms with van der Waals surface area (Å²) >= 11 is 0. The molecule has 0 aliphatic heterocycles. The second kappa shape index (κ2) is 7.81. The number of carbonyl (C=O) groups excluding carboxylic acids is 3. The van der Waals surface area contributed by atoms with Crippen LogP contribution in [0.15, 0.2) is 0 Å².